The van der Waals surface area contributed by atoms with E-state index in [4.69, 9.17) is 4.74 Å². The molecule has 0 aliphatic heterocycles. The van der Waals surface area contributed by atoms with Crippen molar-refractivity contribution in [1.82, 2.24) is 9.97 Å². The number of hydrogen-bond acceptors (Lipinski definition) is 6. The summed E-state index contributed by atoms with van der Waals surface area (Å²) in [4.78, 5) is 18.1. The summed E-state index contributed by atoms with van der Waals surface area (Å²) in [6.07, 6.45) is 4.85. The Balaban J connectivity index is 2.07. The Labute approximate surface area is 121 Å². The molecule has 0 radical (unpaired) electrons. The number of nitrogens with zero attached hydrogens (tertiary/aromatic N) is 3. The molecule has 21 heavy (non-hydrogen) atoms. The lowest BCUT2D eigenvalue weighted by atomic mass is 10.2. The lowest BCUT2D eigenvalue weighted by Gasteiger charge is -2.05. The fourth-order valence-corrected chi connectivity index (χ4v) is 1.69. The molecular formula is C14H14N4O3. The summed E-state index contributed by atoms with van der Waals surface area (Å²) in [6, 6.07) is 9.67. The van der Waals surface area contributed by atoms with Crippen LogP contribution in [-0.4, -0.2) is 28.5 Å². The minimum atomic E-state index is -0.567. The Bertz CT molecular complexity index is 644. The van der Waals surface area contributed by atoms with E-state index in [-0.39, 0.29) is 24.0 Å². The minimum absolute atomic E-state index is 0.0583. The topological polar surface area (TPSA) is 90.2 Å². The smallest absolute Gasteiger partial charge is 0.372 e. The van der Waals surface area contributed by atoms with Gasteiger partial charge in [0.2, 0.25) is 5.82 Å². The van der Waals surface area contributed by atoms with Crippen molar-refractivity contribution in [3.05, 3.63) is 58.4 Å². The van der Waals surface area contributed by atoms with E-state index < -0.39 is 4.92 Å². The number of benzene rings is 1. The molecule has 0 amide bonds. The molecule has 0 atom stereocenters. The fraction of sp³-hybridized carbons (Fsp3) is 0.143. The molecule has 1 N–H and O–H groups in total. The van der Waals surface area contributed by atoms with E-state index in [1.807, 2.05) is 36.4 Å². The van der Waals surface area contributed by atoms with Crippen molar-refractivity contribution in [3.63, 3.8) is 0 Å². The van der Waals surface area contributed by atoms with Crippen LogP contribution in [0.4, 0.5) is 11.5 Å². The van der Waals surface area contributed by atoms with Crippen LogP contribution < -0.4 is 10.1 Å². The van der Waals surface area contributed by atoms with Crippen molar-refractivity contribution < 1.29 is 9.66 Å². The number of rotatable bonds is 6. The second kappa shape index (κ2) is 6.99. The first-order valence-electron chi connectivity index (χ1n) is 6.24. The molecule has 0 aliphatic rings. The molecule has 0 fully saturated rings. The summed E-state index contributed by atoms with van der Waals surface area (Å²) in [6.45, 7) is 0.176. The van der Waals surface area contributed by atoms with Crippen molar-refractivity contribution in [3.8, 4) is 5.88 Å². The molecule has 0 saturated carbocycles. The van der Waals surface area contributed by atoms with Gasteiger partial charge in [0.1, 0.15) is 12.9 Å². The summed E-state index contributed by atoms with van der Waals surface area (Å²) in [5, 5.41) is 13.7. The van der Waals surface area contributed by atoms with Crippen molar-refractivity contribution in [2.45, 2.75) is 0 Å². The molecule has 7 nitrogen and oxygen atoms in total. The second-order valence-corrected chi connectivity index (χ2v) is 4.01. The van der Waals surface area contributed by atoms with Gasteiger partial charge in [0.05, 0.1) is 4.92 Å². The zero-order chi connectivity index (χ0) is 15.1. The monoisotopic (exact) mass is 286 g/mol. The summed E-state index contributed by atoms with van der Waals surface area (Å²) in [5.74, 6) is 0.0640. The Hall–Kier alpha value is -2.96. The Morgan fingerprint density at radius 3 is 2.76 bits per heavy atom. The molecular weight excluding hydrogens is 272 g/mol. The van der Waals surface area contributed by atoms with Crippen LogP contribution in [0, 0.1) is 10.1 Å². The minimum Gasteiger partial charge on any atom is -0.468 e. The van der Waals surface area contributed by atoms with E-state index >= 15 is 0 Å². The third-order valence-electron chi connectivity index (χ3n) is 2.63. The van der Waals surface area contributed by atoms with Gasteiger partial charge in [-0.3, -0.25) is 10.1 Å². The molecule has 0 spiro atoms. The van der Waals surface area contributed by atoms with Crippen LogP contribution in [0.3, 0.4) is 0 Å². The lowest BCUT2D eigenvalue weighted by molar-refractivity contribution is -0.385. The van der Waals surface area contributed by atoms with E-state index in [2.05, 4.69) is 15.3 Å². The molecule has 2 rings (SSSR count). The second-order valence-electron chi connectivity index (χ2n) is 4.01. The third kappa shape index (κ3) is 3.75. The van der Waals surface area contributed by atoms with Gasteiger partial charge < -0.3 is 10.1 Å². The first-order valence-corrected chi connectivity index (χ1v) is 6.24. The first kappa shape index (κ1) is 14.4. The van der Waals surface area contributed by atoms with Crippen molar-refractivity contribution in [1.29, 1.82) is 0 Å². The largest absolute Gasteiger partial charge is 0.468 e. The maximum Gasteiger partial charge on any atom is 0.372 e. The maximum atomic E-state index is 11.0. The summed E-state index contributed by atoms with van der Waals surface area (Å²) >= 11 is 0. The Kier molecular flexibility index (Phi) is 4.81. The van der Waals surface area contributed by atoms with E-state index in [1.54, 1.807) is 13.1 Å². The molecule has 1 aromatic heterocycles. The van der Waals surface area contributed by atoms with Gasteiger partial charge in [-0.1, -0.05) is 36.4 Å². The summed E-state index contributed by atoms with van der Waals surface area (Å²) in [5.41, 5.74) is 0.752. The van der Waals surface area contributed by atoms with Crippen LogP contribution in [0.15, 0.2) is 42.7 Å². The number of nitrogens with one attached hydrogen (secondary N) is 1. The van der Waals surface area contributed by atoms with Gasteiger partial charge in [0, 0.05) is 7.05 Å². The van der Waals surface area contributed by atoms with Crippen LogP contribution in [-0.2, 0) is 0 Å². The van der Waals surface area contributed by atoms with Gasteiger partial charge in [-0.15, -0.1) is 0 Å². The molecule has 0 saturated heterocycles. The molecule has 108 valence electrons. The molecule has 0 aliphatic carbocycles. The zero-order valence-electron chi connectivity index (χ0n) is 11.4. The predicted octanol–water partition coefficient (Wildman–Crippen LogP) is 2.52. The van der Waals surface area contributed by atoms with Crippen LogP contribution >= 0.6 is 0 Å². The van der Waals surface area contributed by atoms with E-state index in [9.17, 15) is 10.1 Å². The van der Waals surface area contributed by atoms with Gasteiger partial charge in [0.25, 0.3) is 5.88 Å². The number of nitro groups is 1. The molecule has 1 aromatic carbocycles. The summed E-state index contributed by atoms with van der Waals surface area (Å²) in [7, 11) is 1.55. The fourth-order valence-electron chi connectivity index (χ4n) is 1.69. The SMILES string of the molecule is CNc1ncnc(OC/C=C/c2ccccc2)c1[N+](=O)[O-]. The number of ether oxygens (including phenoxy) is 1. The van der Waals surface area contributed by atoms with E-state index in [1.165, 1.54) is 6.33 Å². The molecule has 2 aromatic rings. The highest BCUT2D eigenvalue weighted by Gasteiger charge is 2.23. The quantitative estimate of drug-likeness (QED) is 0.648. The Morgan fingerprint density at radius 1 is 1.33 bits per heavy atom. The van der Waals surface area contributed by atoms with Gasteiger partial charge >= 0.3 is 5.69 Å². The average molecular weight is 286 g/mol. The standard InChI is InChI=1S/C14H14N4O3/c1-15-13-12(18(19)20)14(17-10-16-13)21-9-5-8-11-6-3-2-4-7-11/h2-8,10H,9H2,1H3,(H,15,16,17)/b8-5+. The van der Waals surface area contributed by atoms with Crippen LogP contribution in [0.5, 0.6) is 5.88 Å². The third-order valence-corrected chi connectivity index (χ3v) is 2.63. The normalized spacial score (nSPS) is 10.5. The highest BCUT2D eigenvalue weighted by atomic mass is 16.6. The lowest BCUT2D eigenvalue weighted by Crippen LogP contribution is -2.05. The molecule has 1 heterocycles. The van der Waals surface area contributed by atoms with Gasteiger partial charge in [-0.2, -0.15) is 4.98 Å². The number of aromatic nitrogens is 2. The van der Waals surface area contributed by atoms with Crippen molar-refractivity contribution >= 4 is 17.6 Å². The molecule has 0 unspecified atom stereocenters. The summed E-state index contributed by atoms with van der Waals surface area (Å²) < 4.78 is 5.34. The van der Waals surface area contributed by atoms with Gasteiger partial charge in [-0.05, 0) is 11.6 Å². The first-order chi connectivity index (χ1) is 10.2. The highest BCUT2D eigenvalue weighted by molar-refractivity contribution is 5.60. The van der Waals surface area contributed by atoms with Crippen LogP contribution in [0.25, 0.3) is 6.08 Å². The molecule has 0 bridgehead atoms. The number of anilines is 1. The van der Waals surface area contributed by atoms with Crippen LogP contribution in [0.1, 0.15) is 5.56 Å². The highest BCUT2D eigenvalue weighted by Crippen LogP contribution is 2.30. The van der Waals surface area contributed by atoms with E-state index in [0.29, 0.717) is 0 Å². The van der Waals surface area contributed by atoms with E-state index in [0.717, 1.165) is 5.56 Å². The van der Waals surface area contributed by atoms with Crippen molar-refractivity contribution in [2.24, 2.45) is 0 Å². The maximum absolute atomic E-state index is 11.0. The van der Waals surface area contributed by atoms with Gasteiger partial charge in [0.15, 0.2) is 0 Å². The Morgan fingerprint density at radius 2 is 2.10 bits per heavy atom. The molecule has 7 heteroatoms. The van der Waals surface area contributed by atoms with Crippen LogP contribution in [0.2, 0.25) is 0 Å². The number of hydrogen-bond donors (Lipinski definition) is 1. The van der Waals surface area contributed by atoms with Gasteiger partial charge in [-0.25, -0.2) is 4.98 Å². The predicted molar refractivity (Wildman–Crippen MR) is 79.2 cm³/mol. The average Bonchev–Trinajstić information content (AvgIpc) is 2.52. The van der Waals surface area contributed by atoms with Crippen molar-refractivity contribution in [2.75, 3.05) is 19.0 Å². The zero-order valence-corrected chi connectivity index (χ0v) is 11.4.